The van der Waals surface area contributed by atoms with Crippen LogP contribution < -0.4 is 0 Å². The second-order valence-electron chi connectivity index (χ2n) is 5.32. The molecule has 0 amide bonds. The van der Waals surface area contributed by atoms with Crippen molar-refractivity contribution in [1.82, 2.24) is 9.78 Å². The van der Waals surface area contributed by atoms with Gasteiger partial charge in [-0.3, -0.25) is 4.68 Å². The van der Waals surface area contributed by atoms with E-state index in [2.05, 4.69) is 31.1 Å². The monoisotopic (exact) mass is 266 g/mol. The Morgan fingerprint density at radius 2 is 1.80 bits per heavy atom. The Kier molecular flexibility index (Phi) is 3.28. The molecule has 0 spiro atoms. The van der Waals surface area contributed by atoms with E-state index in [0.717, 1.165) is 21.9 Å². The third-order valence-electron chi connectivity index (χ3n) is 3.58. The molecule has 0 aliphatic rings. The maximum absolute atomic E-state index is 10.6. The number of rotatable bonds is 3. The van der Waals surface area contributed by atoms with Crippen molar-refractivity contribution >= 4 is 10.8 Å². The zero-order chi connectivity index (χ0) is 14.1. The number of hydrogen-bond acceptors (Lipinski definition) is 2. The molecule has 0 fully saturated rings. The normalized spacial score (nSPS) is 13.0. The summed E-state index contributed by atoms with van der Waals surface area (Å²) in [6.45, 7) is 4.14. The molecule has 3 heteroatoms. The molecule has 1 atom stereocenters. The lowest BCUT2D eigenvalue weighted by molar-refractivity contribution is 0.221. The predicted octanol–water partition coefficient (Wildman–Crippen LogP) is 3.70. The molecular formula is C17H18N2O. The fraction of sp³-hybridized carbons (Fsp3) is 0.235. The third kappa shape index (κ3) is 2.21. The lowest BCUT2D eigenvalue weighted by Gasteiger charge is -2.12. The standard InChI is InChI=1S/C17H18N2O/c1-12(2)19-11-14(10-18-19)17(20)16-9-5-7-13-6-3-4-8-15(13)16/h3-12,17,20H,1-2H3. The van der Waals surface area contributed by atoms with Crippen molar-refractivity contribution in [1.29, 1.82) is 0 Å². The van der Waals surface area contributed by atoms with Crippen molar-refractivity contribution < 1.29 is 5.11 Å². The van der Waals surface area contributed by atoms with Crippen molar-refractivity contribution in [3.8, 4) is 0 Å². The Labute approximate surface area is 118 Å². The van der Waals surface area contributed by atoms with E-state index in [4.69, 9.17) is 0 Å². The quantitative estimate of drug-likeness (QED) is 0.785. The first-order valence-electron chi connectivity index (χ1n) is 6.86. The molecule has 0 radical (unpaired) electrons. The molecule has 3 nitrogen and oxygen atoms in total. The highest BCUT2D eigenvalue weighted by Gasteiger charge is 2.15. The van der Waals surface area contributed by atoms with Gasteiger partial charge in [-0.15, -0.1) is 0 Å². The first kappa shape index (κ1) is 12.9. The molecule has 1 N–H and O–H groups in total. The van der Waals surface area contributed by atoms with Crippen molar-refractivity contribution in [3.63, 3.8) is 0 Å². The minimum absolute atomic E-state index is 0.295. The number of nitrogens with zero attached hydrogens (tertiary/aromatic N) is 2. The summed E-state index contributed by atoms with van der Waals surface area (Å²) in [7, 11) is 0. The molecule has 3 aromatic rings. The van der Waals surface area contributed by atoms with Gasteiger partial charge >= 0.3 is 0 Å². The van der Waals surface area contributed by atoms with Crippen LogP contribution in [0.25, 0.3) is 10.8 Å². The van der Waals surface area contributed by atoms with Gasteiger partial charge in [-0.25, -0.2) is 0 Å². The molecule has 0 saturated heterocycles. The highest BCUT2D eigenvalue weighted by Crippen LogP contribution is 2.28. The van der Waals surface area contributed by atoms with Crippen LogP contribution in [-0.2, 0) is 0 Å². The average Bonchev–Trinajstić information content (AvgIpc) is 2.96. The first-order valence-corrected chi connectivity index (χ1v) is 6.86. The van der Waals surface area contributed by atoms with Crippen LogP contribution in [0, 0.1) is 0 Å². The maximum Gasteiger partial charge on any atom is 0.108 e. The molecular weight excluding hydrogens is 248 g/mol. The SMILES string of the molecule is CC(C)n1cc(C(O)c2cccc3ccccc23)cn1. The molecule has 0 aliphatic heterocycles. The fourth-order valence-electron chi connectivity index (χ4n) is 2.44. The zero-order valence-corrected chi connectivity index (χ0v) is 11.7. The van der Waals surface area contributed by atoms with Crippen LogP contribution in [0.4, 0.5) is 0 Å². The molecule has 2 aromatic carbocycles. The molecule has 20 heavy (non-hydrogen) atoms. The summed E-state index contributed by atoms with van der Waals surface area (Å²) in [4.78, 5) is 0. The van der Waals surface area contributed by atoms with Gasteiger partial charge in [0.05, 0.1) is 6.20 Å². The van der Waals surface area contributed by atoms with Gasteiger partial charge in [0.25, 0.3) is 0 Å². The molecule has 0 aliphatic carbocycles. The number of benzene rings is 2. The number of aromatic nitrogens is 2. The summed E-state index contributed by atoms with van der Waals surface area (Å²) in [5, 5.41) is 17.2. The Morgan fingerprint density at radius 3 is 2.55 bits per heavy atom. The Hall–Kier alpha value is -2.13. The number of aliphatic hydroxyl groups excluding tert-OH is 1. The second-order valence-corrected chi connectivity index (χ2v) is 5.32. The van der Waals surface area contributed by atoms with Crippen LogP contribution in [0.5, 0.6) is 0 Å². The van der Waals surface area contributed by atoms with Gasteiger partial charge in [0.2, 0.25) is 0 Å². The summed E-state index contributed by atoms with van der Waals surface area (Å²) < 4.78 is 1.86. The second kappa shape index (κ2) is 5.10. The Bertz CT molecular complexity index is 725. The lowest BCUT2D eigenvalue weighted by Crippen LogP contribution is -2.02. The van der Waals surface area contributed by atoms with Crippen molar-refractivity contribution in [2.75, 3.05) is 0 Å². The van der Waals surface area contributed by atoms with Gasteiger partial charge in [-0.05, 0) is 30.2 Å². The van der Waals surface area contributed by atoms with Crippen LogP contribution >= 0.6 is 0 Å². The van der Waals surface area contributed by atoms with E-state index in [9.17, 15) is 5.11 Å². The minimum atomic E-state index is -0.645. The minimum Gasteiger partial charge on any atom is -0.384 e. The van der Waals surface area contributed by atoms with Gasteiger partial charge in [0.1, 0.15) is 6.10 Å². The summed E-state index contributed by atoms with van der Waals surface area (Å²) >= 11 is 0. The zero-order valence-electron chi connectivity index (χ0n) is 11.7. The van der Waals surface area contributed by atoms with Crippen molar-refractivity contribution in [2.45, 2.75) is 26.0 Å². The van der Waals surface area contributed by atoms with Crippen LogP contribution in [0.3, 0.4) is 0 Å². The first-order chi connectivity index (χ1) is 9.66. The van der Waals surface area contributed by atoms with Gasteiger partial charge in [0, 0.05) is 17.8 Å². The molecule has 1 heterocycles. The number of hydrogen-bond donors (Lipinski definition) is 1. The maximum atomic E-state index is 10.6. The van der Waals surface area contributed by atoms with E-state index in [1.165, 1.54) is 0 Å². The molecule has 0 saturated carbocycles. The highest BCUT2D eigenvalue weighted by atomic mass is 16.3. The Balaban J connectivity index is 2.05. The van der Waals surface area contributed by atoms with Crippen molar-refractivity contribution in [3.05, 3.63) is 66.0 Å². The molecule has 3 rings (SSSR count). The van der Waals surface area contributed by atoms with E-state index in [1.54, 1.807) is 6.20 Å². The molecule has 1 aromatic heterocycles. The lowest BCUT2D eigenvalue weighted by atomic mass is 9.97. The van der Waals surface area contributed by atoms with Gasteiger partial charge in [0.15, 0.2) is 0 Å². The van der Waals surface area contributed by atoms with Crippen molar-refractivity contribution in [2.24, 2.45) is 0 Å². The Morgan fingerprint density at radius 1 is 1.05 bits per heavy atom. The van der Waals surface area contributed by atoms with E-state index in [1.807, 2.05) is 41.2 Å². The number of aliphatic hydroxyl groups is 1. The van der Waals surface area contributed by atoms with Gasteiger partial charge in [-0.2, -0.15) is 5.10 Å². The van der Waals surface area contributed by atoms with E-state index in [-0.39, 0.29) is 0 Å². The average molecular weight is 266 g/mol. The highest BCUT2D eigenvalue weighted by molar-refractivity contribution is 5.86. The largest absolute Gasteiger partial charge is 0.384 e. The summed E-state index contributed by atoms with van der Waals surface area (Å²) in [6.07, 6.45) is 3.01. The number of fused-ring (bicyclic) bond motifs is 1. The summed E-state index contributed by atoms with van der Waals surface area (Å²) in [5.74, 6) is 0. The van der Waals surface area contributed by atoms with Crippen LogP contribution in [-0.4, -0.2) is 14.9 Å². The topological polar surface area (TPSA) is 38.0 Å². The molecule has 102 valence electrons. The molecule has 1 unspecified atom stereocenters. The third-order valence-corrected chi connectivity index (χ3v) is 3.58. The van der Waals surface area contributed by atoms with Crippen LogP contribution in [0.2, 0.25) is 0 Å². The molecule has 0 bridgehead atoms. The smallest absolute Gasteiger partial charge is 0.108 e. The van der Waals surface area contributed by atoms with E-state index >= 15 is 0 Å². The van der Waals surface area contributed by atoms with Gasteiger partial charge in [-0.1, -0.05) is 42.5 Å². The fourth-order valence-corrected chi connectivity index (χ4v) is 2.44. The summed E-state index contributed by atoms with van der Waals surface area (Å²) in [5.41, 5.74) is 1.75. The van der Waals surface area contributed by atoms with Gasteiger partial charge < -0.3 is 5.11 Å². The van der Waals surface area contributed by atoms with Crippen LogP contribution in [0.1, 0.15) is 37.1 Å². The van der Waals surface area contributed by atoms with Crippen LogP contribution in [0.15, 0.2) is 54.9 Å². The van der Waals surface area contributed by atoms with E-state index < -0.39 is 6.10 Å². The summed E-state index contributed by atoms with van der Waals surface area (Å²) in [6, 6.07) is 14.4. The van der Waals surface area contributed by atoms with E-state index in [0.29, 0.717) is 6.04 Å². The predicted molar refractivity (Wildman–Crippen MR) is 80.6 cm³/mol.